The monoisotopic (exact) mass is 329 g/mol. The molecule has 24 heavy (non-hydrogen) atoms. The molecule has 3 rings (SSSR count). The van der Waals surface area contributed by atoms with E-state index in [2.05, 4.69) is 39.8 Å². The van der Waals surface area contributed by atoms with Gasteiger partial charge in [0.2, 0.25) is 5.91 Å². The van der Waals surface area contributed by atoms with Crippen molar-refractivity contribution in [2.75, 3.05) is 26.2 Å². The summed E-state index contributed by atoms with van der Waals surface area (Å²) < 4.78 is 0. The molecule has 0 bridgehead atoms. The van der Waals surface area contributed by atoms with Crippen molar-refractivity contribution in [1.82, 2.24) is 15.5 Å². The third-order valence-electron chi connectivity index (χ3n) is 5.37. The summed E-state index contributed by atoms with van der Waals surface area (Å²) >= 11 is 0. The predicted octanol–water partition coefficient (Wildman–Crippen LogP) is 2.68. The first kappa shape index (κ1) is 17.4. The van der Waals surface area contributed by atoms with Crippen LogP contribution in [0.25, 0.3) is 0 Å². The summed E-state index contributed by atoms with van der Waals surface area (Å²) in [5.74, 6) is 0.407. The van der Waals surface area contributed by atoms with E-state index in [9.17, 15) is 4.79 Å². The molecule has 1 aromatic rings. The van der Waals surface area contributed by atoms with E-state index in [-0.39, 0.29) is 11.8 Å². The average Bonchev–Trinajstić information content (AvgIpc) is 2.90. The highest BCUT2D eigenvalue weighted by Gasteiger charge is 2.20. The number of piperidine rings is 1. The van der Waals surface area contributed by atoms with Gasteiger partial charge in [-0.3, -0.25) is 9.69 Å². The third kappa shape index (κ3) is 5.05. The molecule has 2 N–H and O–H groups in total. The van der Waals surface area contributed by atoms with Gasteiger partial charge in [-0.25, -0.2) is 0 Å². The summed E-state index contributed by atoms with van der Waals surface area (Å²) in [6.45, 7) is 6.00. The normalized spacial score (nSPS) is 20.5. The molecule has 4 heteroatoms. The zero-order valence-electron chi connectivity index (χ0n) is 14.7. The Morgan fingerprint density at radius 3 is 2.42 bits per heavy atom. The Bertz CT molecular complexity index is 517. The van der Waals surface area contributed by atoms with E-state index in [1.54, 1.807) is 0 Å². The van der Waals surface area contributed by atoms with Gasteiger partial charge in [-0.15, -0.1) is 0 Å². The van der Waals surface area contributed by atoms with Crippen LogP contribution < -0.4 is 10.6 Å². The molecule has 0 aliphatic carbocycles. The zero-order chi connectivity index (χ0) is 16.6. The van der Waals surface area contributed by atoms with E-state index in [4.69, 9.17) is 0 Å². The summed E-state index contributed by atoms with van der Waals surface area (Å²) in [5, 5.41) is 6.49. The Labute approximate surface area is 146 Å². The third-order valence-corrected chi connectivity index (χ3v) is 5.37. The minimum Gasteiger partial charge on any atom is -0.352 e. The molecule has 4 nitrogen and oxygen atoms in total. The fourth-order valence-corrected chi connectivity index (χ4v) is 3.83. The summed E-state index contributed by atoms with van der Waals surface area (Å²) in [4.78, 5) is 14.9. The van der Waals surface area contributed by atoms with Crippen LogP contribution in [0.3, 0.4) is 0 Å². The maximum Gasteiger partial charge on any atom is 0.223 e. The van der Waals surface area contributed by atoms with E-state index >= 15 is 0 Å². The maximum atomic E-state index is 12.4. The maximum absolute atomic E-state index is 12.4. The molecule has 0 unspecified atom stereocenters. The largest absolute Gasteiger partial charge is 0.352 e. The smallest absolute Gasteiger partial charge is 0.223 e. The van der Waals surface area contributed by atoms with Crippen molar-refractivity contribution in [2.24, 2.45) is 5.92 Å². The van der Waals surface area contributed by atoms with Gasteiger partial charge < -0.3 is 10.6 Å². The van der Waals surface area contributed by atoms with Gasteiger partial charge in [-0.1, -0.05) is 37.1 Å². The van der Waals surface area contributed by atoms with Gasteiger partial charge in [-0.05, 0) is 63.0 Å². The lowest BCUT2D eigenvalue weighted by atomic mass is 9.97. The van der Waals surface area contributed by atoms with Gasteiger partial charge in [0.05, 0.1) is 0 Å². The lowest BCUT2D eigenvalue weighted by Gasteiger charge is -2.23. The molecular formula is C20H31N3O. The number of hydrogen-bond donors (Lipinski definition) is 2. The first-order chi connectivity index (χ1) is 11.8. The lowest BCUT2D eigenvalue weighted by Crippen LogP contribution is -2.38. The zero-order valence-corrected chi connectivity index (χ0v) is 14.7. The van der Waals surface area contributed by atoms with Crippen LogP contribution in [0.1, 0.15) is 49.7 Å². The average molecular weight is 329 g/mol. The van der Waals surface area contributed by atoms with Crippen LogP contribution in [0.2, 0.25) is 0 Å². The molecule has 2 aliphatic rings. The molecule has 0 aromatic heterocycles. The Morgan fingerprint density at radius 2 is 1.71 bits per heavy atom. The van der Waals surface area contributed by atoms with Crippen molar-refractivity contribution >= 4 is 5.91 Å². The van der Waals surface area contributed by atoms with Gasteiger partial charge >= 0.3 is 0 Å². The second-order valence-electron chi connectivity index (χ2n) is 7.20. The van der Waals surface area contributed by atoms with Crippen molar-refractivity contribution in [3.63, 3.8) is 0 Å². The molecule has 0 radical (unpaired) electrons. The van der Waals surface area contributed by atoms with Crippen molar-refractivity contribution in [1.29, 1.82) is 0 Å². The lowest BCUT2D eigenvalue weighted by molar-refractivity contribution is -0.125. The van der Waals surface area contributed by atoms with E-state index in [1.807, 2.05) is 0 Å². The summed E-state index contributed by atoms with van der Waals surface area (Å²) in [6.07, 6.45) is 7.28. The van der Waals surface area contributed by atoms with E-state index in [1.165, 1.54) is 49.9 Å². The molecule has 2 saturated heterocycles. The Morgan fingerprint density at radius 1 is 1.04 bits per heavy atom. The van der Waals surface area contributed by atoms with Crippen molar-refractivity contribution in [3.05, 3.63) is 35.4 Å². The molecule has 1 aromatic carbocycles. The fourth-order valence-electron chi connectivity index (χ4n) is 3.83. The van der Waals surface area contributed by atoms with Crippen LogP contribution in [-0.4, -0.2) is 37.0 Å². The first-order valence-corrected chi connectivity index (χ1v) is 9.60. The van der Waals surface area contributed by atoms with Crippen LogP contribution in [0.15, 0.2) is 24.3 Å². The molecular weight excluding hydrogens is 298 g/mol. The second-order valence-corrected chi connectivity index (χ2v) is 7.20. The Kier molecular flexibility index (Phi) is 6.67. The number of nitrogens with zero attached hydrogens (tertiary/aromatic N) is 1. The fraction of sp³-hybridized carbons (Fsp3) is 0.650. The van der Waals surface area contributed by atoms with Gasteiger partial charge in [0.15, 0.2) is 0 Å². The number of carbonyl (C=O) groups excluding carboxylic acids is 1. The molecule has 2 aliphatic heterocycles. The molecule has 2 heterocycles. The van der Waals surface area contributed by atoms with E-state index in [0.29, 0.717) is 6.54 Å². The highest BCUT2D eigenvalue weighted by atomic mass is 16.1. The second kappa shape index (κ2) is 9.19. The standard InChI is InChI=1S/C20H31N3O/c24-20(17-9-11-21-12-10-17)22-15-18-7-3-4-8-19(18)16-23-13-5-1-2-6-14-23/h3-4,7-8,17,21H,1-2,5-6,9-16H2,(H,22,24). The first-order valence-electron chi connectivity index (χ1n) is 9.60. The molecule has 0 atom stereocenters. The van der Waals surface area contributed by atoms with E-state index in [0.717, 1.165) is 32.5 Å². The summed E-state index contributed by atoms with van der Waals surface area (Å²) in [7, 11) is 0. The molecule has 0 saturated carbocycles. The van der Waals surface area contributed by atoms with E-state index < -0.39 is 0 Å². The number of nitrogens with one attached hydrogen (secondary N) is 2. The molecule has 132 valence electrons. The van der Waals surface area contributed by atoms with Crippen molar-refractivity contribution in [2.45, 2.75) is 51.6 Å². The number of rotatable bonds is 5. The van der Waals surface area contributed by atoms with Gasteiger partial charge in [0, 0.05) is 19.0 Å². The van der Waals surface area contributed by atoms with Crippen LogP contribution in [-0.2, 0) is 17.9 Å². The van der Waals surface area contributed by atoms with Crippen LogP contribution >= 0.6 is 0 Å². The topological polar surface area (TPSA) is 44.4 Å². The number of amides is 1. The van der Waals surface area contributed by atoms with Crippen molar-refractivity contribution < 1.29 is 4.79 Å². The highest BCUT2D eigenvalue weighted by Crippen LogP contribution is 2.17. The van der Waals surface area contributed by atoms with Crippen molar-refractivity contribution in [3.8, 4) is 0 Å². The molecule has 0 spiro atoms. The van der Waals surface area contributed by atoms with Gasteiger partial charge in [0.25, 0.3) is 0 Å². The molecule has 2 fully saturated rings. The minimum atomic E-state index is 0.184. The van der Waals surface area contributed by atoms with Gasteiger partial charge in [-0.2, -0.15) is 0 Å². The number of benzene rings is 1. The van der Waals surface area contributed by atoms with Crippen LogP contribution in [0.4, 0.5) is 0 Å². The number of hydrogen-bond acceptors (Lipinski definition) is 3. The molecule has 1 amide bonds. The van der Waals surface area contributed by atoms with Crippen LogP contribution in [0.5, 0.6) is 0 Å². The van der Waals surface area contributed by atoms with Gasteiger partial charge in [0.1, 0.15) is 0 Å². The minimum absolute atomic E-state index is 0.184. The highest BCUT2D eigenvalue weighted by molar-refractivity contribution is 5.78. The summed E-state index contributed by atoms with van der Waals surface area (Å²) in [6, 6.07) is 8.58. The Hall–Kier alpha value is -1.39. The predicted molar refractivity (Wildman–Crippen MR) is 97.6 cm³/mol. The summed E-state index contributed by atoms with van der Waals surface area (Å²) in [5.41, 5.74) is 2.63. The van der Waals surface area contributed by atoms with Crippen LogP contribution in [0, 0.1) is 5.92 Å². The number of carbonyl (C=O) groups is 1. The number of likely N-dealkylation sites (tertiary alicyclic amines) is 1. The SMILES string of the molecule is O=C(NCc1ccccc1CN1CCCCCC1)C1CCNCC1. The quantitative estimate of drug-likeness (QED) is 0.873. The Balaban J connectivity index is 1.56.